The third-order valence-electron chi connectivity index (χ3n) is 2.71. The van der Waals surface area contributed by atoms with Gasteiger partial charge in [-0.25, -0.2) is 5.01 Å². The van der Waals surface area contributed by atoms with Crippen molar-refractivity contribution in [1.29, 1.82) is 0 Å². The topological polar surface area (TPSA) is 6.25 Å². The molecule has 0 aliphatic carbocycles. The Morgan fingerprint density at radius 1 is 0.688 bits per heavy atom. The first-order valence-electron chi connectivity index (χ1n) is 5.60. The van der Waals surface area contributed by atoms with E-state index in [-0.39, 0.29) is 0 Å². The zero-order chi connectivity index (χ0) is 10.8. The highest BCUT2D eigenvalue weighted by Gasteiger charge is 2.26. The number of rotatable bonds is 3. The Bertz CT molecular complexity index is 409. The summed E-state index contributed by atoms with van der Waals surface area (Å²) in [5.74, 6) is 0. The molecule has 1 heterocycles. The minimum atomic E-state index is 1.14. The summed E-state index contributed by atoms with van der Waals surface area (Å²) in [4.78, 5) is 0. The van der Waals surface area contributed by atoms with E-state index in [4.69, 9.17) is 0 Å². The van der Waals surface area contributed by atoms with Crippen molar-refractivity contribution < 1.29 is 0 Å². The summed E-state index contributed by atoms with van der Waals surface area (Å²) < 4.78 is 0. The van der Waals surface area contributed by atoms with E-state index in [1.165, 1.54) is 11.4 Å². The summed E-state index contributed by atoms with van der Waals surface area (Å²) >= 11 is 0. The first-order valence-corrected chi connectivity index (χ1v) is 5.60. The summed E-state index contributed by atoms with van der Waals surface area (Å²) in [7, 11) is 0. The largest absolute Gasteiger partial charge is 0.274 e. The maximum Gasteiger partial charge on any atom is 0.0580 e. The molecule has 0 saturated carbocycles. The maximum atomic E-state index is 2.32. The fourth-order valence-corrected chi connectivity index (χ4v) is 1.86. The first-order chi connectivity index (χ1) is 7.95. The third-order valence-corrected chi connectivity index (χ3v) is 2.71. The Balaban J connectivity index is 1.99. The zero-order valence-corrected chi connectivity index (χ0v) is 9.08. The lowest BCUT2D eigenvalue weighted by molar-refractivity contribution is 0.574. The van der Waals surface area contributed by atoms with Crippen molar-refractivity contribution >= 4 is 11.4 Å². The van der Waals surface area contributed by atoms with Gasteiger partial charge in [0.2, 0.25) is 0 Å². The van der Waals surface area contributed by atoms with E-state index in [2.05, 4.69) is 70.7 Å². The lowest BCUT2D eigenvalue weighted by Gasteiger charge is -2.25. The van der Waals surface area contributed by atoms with E-state index in [0.29, 0.717) is 0 Å². The van der Waals surface area contributed by atoms with E-state index in [1.807, 2.05) is 0 Å². The molecule has 0 aromatic heterocycles. The van der Waals surface area contributed by atoms with Gasteiger partial charge in [0.25, 0.3) is 0 Å². The van der Waals surface area contributed by atoms with Gasteiger partial charge in [-0.3, -0.25) is 5.01 Å². The molecule has 0 unspecified atom stereocenters. The summed E-state index contributed by atoms with van der Waals surface area (Å²) in [5, 5.41) is 4.60. The van der Waals surface area contributed by atoms with E-state index in [1.54, 1.807) is 0 Å². The van der Waals surface area contributed by atoms with Crippen LogP contribution in [0.4, 0.5) is 11.4 Å². The van der Waals surface area contributed by atoms with Gasteiger partial charge >= 0.3 is 0 Å². The fourth-order valence-electron chi connectivity index (χ4n) is 1.86. The van der Waals surface area contributed by atoms with E-state index >= 15 is 0 Å². The standard InChI is InChI=1S/C14H14N2/c1-3-7-13(8-4-1)16(15-11-12-15)14-9-5-2-6-10-14/h1-10H,11-12H2. The predicted molar refractivity (Wildman–Crippen MR) is 66.6 cm³/mol. The van der Waals surface area contributed by atoms with Gasteiger partial charge in [0.05, 0.1) is 11.4 Å². The van der Waals surface area contributed by atoms with Crippen LogP contribution in [0.1, 0.15) is 0 Å². The maximum absolute atomic E-state index is 2.32. The lowest BCUT2D eigenvalue weighted by atomic mass is 10.2. The fraction of sp³-hybridized carbons (Fsp3) is 0.143. The average Bonchev–Trinajstić information content (AvgIpc) is 3.17. The minimum Gasteiger partial charge on any atom is -0.274 e. The summed E-state index contributed by atoms with van der Waals surface area (Å²) in [6, 6.07) is 21.0. The number of hydrogen-bond acceptors (Lipinski definition) is 2. The highest BCUT2D eigenvalue weighted by atomic mass is 15.7. The first kappa shape index (κ1) is 9.43. The van der Waals surface area contributed by atoms with Crippen LogP contribution < -0.4 is 5.01 Å². The molecular weight excluding hydrogens is 196 g/mol. The van der Waals surface area contributed by atoms with Gasteiger partial charge in [-0.05, 0) is 24.3 Å². The van der Waals surface area contributed by atoms with E-state index < -0.39 is 0 Å². The number of para-hydroxylation sites is 2. The SMILES string of the molecule is c1ccc(N(c2ccccc2)N2CC2)cc1. The van der Waals surface area contributed by atoms with Crippen molar-refractivity contribution in [2.75, 3.05) is 18.1 Å². The van der Waals surface area contributed by atoms with Crippen molar-refractivity contribution in [2.24, 2.45) is 0 Å². The Morgan fingerprint density at radius 3 is 1.50 bits per heavy atom. The van der Waals surface area contributed by atoms with Gasteiger partial charge < -0.3 is 0 Å². The molecule has 80 valence electrons. The molecule has 0 spiro atoms. The van der Waals surface area contributed by atoms with Crippen molar-refractivity contribution in [1.82, 2.24) is 5.01 Å². The minimum absolute atomic E-state index is 1.14. The molecule has 3 rings (SSSR count). The van der Waals surface area contributed by atoms with Crippen LogP contribution in [0.2, 0.25) is 0 Å². The van der Waals surface area contributed by atoms with Crippen LogP contribution in [-0.2, 0) is 0 Å². The molecule has 1 saturated heterocycles. The highest BCUT2D eigenvalue weighted by molar-refractivity contribution is 5.62. The van der Waals surface area contributed by atoms with Gasteiger partial charge in [0, 0.05) is 13.1 Å². The molecule has 0 bridgehead atoms. The molecule has 2 aromatic rings. The van der Waals surface area contributed by atoms with Crippen molar-refractivity contribution in [3.8, 4) is 0 Å². The molecule has 16 heavy (non-hydrogen) atoms. The Kier molecular flexibility index (Phi) is 2.35. The normalized spacial score (nSPS) is 14.8. The number of hydrogen-bond donors (Lipinski definition) is 0. The monoisotopic (exact) mass is 210 g/mol. The molecule has 2 nitrogen and oxygen atoms in total. The lowest BCUT2D eigenvalue weighted by Crippen LogP contribution is -2.23. The van der Waals surface area contributed by atoms with Crippen LogP contribution in [0.3, 0.4) is 0 Å². The molecule has 1 fully saturated rings. The Labute approximate surface area is 95.7 Å². The van der Waals surface area contributed by atoms with Crippen LogP contribution in [-0.4, -0.2) is 18.1 Å². The molecule has 2 aromatic carbocycles. The predicted octanol–water partition coefficient (Wildman–Crippen LogP) is 3.06. The second kappa shape index (κ2) is 3.99. The second-order valence-corrected chi connectivity index (χ2v) is 3.94. The molecule has 0 amide bonds. The number of nitrogens with zero attached hydrogens (tertiary/aromatic N) is 2. The number of hydrazine groups is 1. The molecule has 0 N–H and O–H groups in total. The number of benzene rings is 2. The van der Waals surface area contributed by atoms with Gasteiger partial charge in [-0.2, -0.15) is 0 Å². The van der Waals surface area contributed by atoms with Gasteiger partial charge in [0.1, 0.15) is 0 Å². The van der Waals surface area contributed by atoms with E-state index in [9.17, 15) is 0 Å². The highest BCUT2D eigenvalue weighted by Crippen LogP contribution is 2.29. The van der Waals surface area contributed by atoms with Crippen LogP contribution in [0.15, 0.2) is 60.7 Å². The average molecular weight is 210 g/mol. The smallest absolute Gasteiger partial charge is 0.0580 e. The quantitative estimate of drug-likeness (QED) is 0.718. The van der Waals surface area contributed by atoms with Gasteiger partial charge in [-0.1, -0.05) is 36.4 Å². The summed E-state index contributed by atoms with van der Waals surface area (Å²) in [6.45, 7) is 2.29. The van der Waals surface area contributed by atoms with Crippen molar-refractivity contribution in [3.05, 3.63) is 60.7 Å². The molecular formula is C14H14N2. The van der Waals surface area contributed by atoms with Crippen LogP contribution in [0.5, 0.6) is 0 Å². The van der Waals surface area contributed by atoms with Crippen molar-refractivity contribution in [3.63, 3.8) is 0 Å². The van der Waals surface area contributed by atoms with Crippen LogP contribution in [0.25, 0.3) is 0 Å². The Morgan fingerprint density at radius 2 is 1.12 bits per heavy atom. The molecule has 2 heteroatoms. The van der Waals surface area contributed by atoms with Gasteiger partial charge in [-0.15, -0.1) is 0 Å². The van der Waals surface area contributed by atoms with Gasteiger partial charge in [0.15, 0.2) is 0 Å². The molecule has 1 aliphatic heterocycles. The van der Waals surface area contributed by atoms with Crippen molar-refractivity contribution in [2.45, 2.75) is 0 Å². The molecule has 0 atom stereocenters. The summed E-state index contributed by atoms with van der Waals surface area (Å²) in [5.41, 5.74) is 2.46. The molecule has 0 radical (unpaired) electrons. The van der Waals surface area contributed by atoms with Crippen LogP contribution >= 0.6 is 0 Å². The number of anilines is 2. The van der Waals surface area contributed by atoms with Crippen LogP contribution in [0, 0.1) is 0 Å². The van der Waals surface area contributed by atoms with E-state index in [0.717, 1.165) is 13.1 Å². The summed E-state index contributed by atoms with van der Waals surface area (Å²) in [6.07, 6.45) is 0. The second-order valence-electron chi connectivity index (χ2n) is 3.94. The molecule has 1 aliphatic rings. The Hall–Kier alpha value is -1.80. The third kappa shape index (κ3) is 1.79. The zero-order valence-electron chi connectivity index (χ0n) is 9.08.